The first-order valence-corrected chi connectivity index (χ1v) is 12.2. The minimum absolute atomic E-state index is 1.06. The van der Waals surface area contributed by atoms with Crippen LogP contribution < -0.4 is 0 Å². The van der Waals surface area contributed by atoms with Gasteiger partial charge >= 0.3 is 0 Å². The van der Waals surface area contributed by atoms with Crippen molar-refractivity contribution in [2.45, 2.75) is 0 Å². The summed E-state index contributed by atoms with van der Waals surface area (Å²) < 4.78 is 3.58. The second-order valence-electron chi connectivity index (χ2n) is 8.46. The van der Waals surface area contributed by atoms with Crippen molar-refractivity contribution in [3.05, 3.63) is 121 Å². The van der Waals surface area contributed by atoms with Gasteiger partial charge in [-0.2, -0.15) is 0 Å². The monoisotopic (exact) mass is 452 g/mol. The largest absolute Gasteiger partial charge is 0.309 e. The van der Waals surface area contributed by atoms with Crippen LogP contribution in [0.2, 0.25) is 0 Å². The fourth-order valence-electron chi connectivity index (χ4n) is 4.86. The summed E-state index contributed by atoms with van der Waals surface area (Å²) in [4.78, 5) is 5.13. The van der Waals surface area contributed by atoms with E-state index in [-0.39, 0.29) is 0 Å². The quantitative estimate of drug-likeness (QED) is 0.262. The Balaban J connectivity index is 1.47. The molecule has 0 aliphatic carbocycles. The molecule has 160 valence electrons. The summed E-state index contributed by atoms with van der Waals surface area (Å²) in [6, 6.07) is 42.9. The maximum atomic E-state index is 5.13. The van der Waals surface area contributed by atoms with Crippen LogP contribution in [0.5, 0.6) is 0 Å². The molecule has 7 rings (SSSR count). The van der Waals surface area contributed by atoms with Crippen molar-refractivity contribution in [3.63, 3.8) is 0 Å². The number of thiazole rings is 1. The highest BCUT2D eigenvalue weighted by Gasteiger charge is 2.17. The van der Waals surface area contributed by atoms with Crippen molar-refractivity contribution in [2.75, 3.05) is 0 Å². The average Bonchev–Trinajstić information content (AvgIpc) is 3.49. The van der Waals surface area contributed by atoms with Gasteiger partial charge in [0.25, 0.3) is 0 Å². The summed E-state index contributed by atoms with van der Waals surface area (Å²) in [6.45, 7) is 0. The summed E-state index contributed by atoms with van der Waals surface area (Å²) in [5.74, 6) is 0. The third kappa shape index (κ3) is 2.98. The van der Waals surface area contributed by atoms with Crippen molar-refractivity contribution >= 4 is 43.4 Å². The lowest BCUT2D eigenvalue weighted by atomic mass is 10.1. The van der Waals surface area contributed by atoms with Gasteiger partial charge in [-0.15, -0.1) is 11.3 Å². The van der Waals surface area contributed by atoms with E-state index >= 15 is 0 Å². The Morgan fingerprint density at radius 2 is 1.18 bits per heavy atom. The van der Waals surface area contributed by atoms with E-state index < -0.39 is 0 Å². The Kier molecular flexibility index (Phi) is 4.36. The number of hydrogen-bond donors (Lipinski definition) is 0. The normalized spacial score (nSPS) is 11.5. The Morgan fingerprint density at radius 3 is 1.94 bits per heavy atom. The van der Waals surface area contributed by atoms with E-state index in [2.05, 4.69) is 120 Å². The maximum absolute atomic E-state index is 5.13. The highest BCUT2D eigenvalue weighted by atomic mass is 32.1. The molecule has 0 amide bonds. The predicted molar refractivity (Wildman–Crippen MR) is 145 cm³/mol. The fourth-order valence-corrected chi connectivity index (χ4v) is 5.84. The molecular formula is C31H20N2S. The Hall–Kier alpha value is -4.21. The van der Waals surface area contributed by atoms with Gasteiger partial charge in [0, 0.05) is 22.0 Å². The zero-order valence-corrected chi connectivity index (χ0v) is 19.2. The standard InChI is InChI=1S/C31H20N2S/c1-3-9-21(10-4-1)22-15-17-24(18-16-22)33-26-14-8-7-13-25(26)29-27(33)19-20-28-30(29)32-31(34-28)23-11-5-2-6-12-23/h1-20H. The summed E-state index contributed by atoms with van der Waals surface area (Å²) in [5, 5.41) is 3.52. The molecule has 0 aliphatic heterocycles. The van der Waals surface area contributed by atoms with Gasteiger partial charge in [-0.05, 0) is 41.5 Å². The Bertz CT molecular complexity index is 1780. The molecule has 0 saturated carbocycles. The predicted octanol–water partition coefficient (Wildman–Crippen LogP) is 8.73. The molecular weight excluding hydrogens is 432 g/mol. The van der Waals surface area contributed by atoms with Gasteiger partial charge in [0.1, 0.15) is 5.01 Å². The summed E-state index contributed by atoms with van der Waals surface area (Å²) >= 11 is 1.76. The van der Waals surface area contributed by atoms with Crippen molar-refractivity contribution in [3.8, 4) is 27.4 Å². The Labute approximate surface area is 201 Å². The van der Waals surface area contributed by atoms with Crippen molar-refractivity contribution < 1.29 is 0 Å². The van der Waals surface area contributed by atoms with Crippen LogP contribution in [-0.4, -0.2) is 9.55 Å². The van der Waals surface area contributed by atoms with Gasteiger partial charge in [-0.3, -0.25) is 0 Å². The van der Waals surface area contributed by atoms with Crippen LogP contribution in [0.25, 0.3) is 59.4 Å². The second-order valence-corrected chi connectivity index (χ2v) is 9.49. The van der Waals surface area contributed by atoms with E-state index in [1.165, 1.54) is 37.6 Å². The van der Waals surface area contributed by atoms with Crippen LogP contribution in [-0.2, 0) is 0 Å². The van der Waals surface area contributed by atoms with Crippen LogP contribution >= 0.6 is 11.3 Å². The molecule has 0 aliphatic rings. The van der Waals surface area contributed by atoms with E-state index in [4.69, 9.17) is 4.98 Å². The molecule has 0 unspecified atom stereocenters. The second kappa shape index (κ2) is 7.68. The van der Waals surface area contributed by atoms with E-state index in [0.29, 0.717) is 0 Å². The van der Waals surface area contributed by atoms with Gasteiger partial charge in [0.2, 0.25) is 0 Å². The number of rotatable bonds is 3. The zero-order valence-electron chi connectivity index (χ0n) is 18.3. The van der Waals surface area contributed by atoms with Gasteiger partial charge in [-0.1, -0.05) is 91.0 Å². The molecule has 2 nitrogen and oxygen atoms in total. The van der Waals surface area contributed by atoms with Crippen LogP contribution in [0.4, 0.5) is 0 Å². The molecule has 0 saturated heterocycles. The smallest absolute Gasteiger partial charge is 0.124 e. The third-order valence-electron chi connectivity index (χ3n) is 6.45. The lowest BCUT2D eigenvalue weighted by molar-refractivity contribution is 1.18. The van der Waals surface area contributed by atoms with Gasteiger partial charge in [-0.25, -0.2) is 4.98 Å². The number of para-hydroxylation sites is 1. The Morgan fingerprint density at radius 1 is 0.529 bits per heavy atom. The SMILES string of the molecule is c1ccc(-c2ccc(-n3c4ccccc4c4c5nc(-c6ccccc6)sc5ccc43)cc2)cc1. The van der Waals surface area contributed by atoms with E-state index in [1.807, 2.05) is 6.07 Å². The van der Waals surface area contributed by atoms with Crippen LogP contribution in [0.3, 0.4) is 0 Å². The number of hydrogen-bond acceptors (Lipinski definition) is 2. The van der Waals surface area contributed by atoms with Crippen LogP contribution in [0.15, 0.2) is 121 Å². The van der Waals surface area contributed by atoms with Crippen LogP contribution in [0.1, 0.15) is 0 Å². The molecule has 3 heteroatoms. The lowest BCUT2D eigenvalue weighted by Crippen LogP contribution is -1.93. The molecule has 0 N–H and O–H groups in total. The zero-order chi connectivity index (χ0) is 22.5. The van der Waals surface area contributed by atoms with E-state index in [1.54, 1.807) is 11.3 Å². The van der Waals surface area contributed by atoms with Crippen molar-refractivity contribution in [2.24, 2.45) is 0 Å². The summed E-state index contributed by atoms with van der Waals surface area (Å²) in [5.41, 5.74) is 8.24. The molecule has 0 bridgehead atoms. The molecule has 0 fully saturated rings. The highest BCUT2D eigenvalue weighted by molar-refractivity contribution is 7.21. The van der Waals surface area contributed by atoms with Gasteiger partial charge < -0.3 is 4.57 Å². The number of nitrogens with zero attached hydrogens (tertiary/aromatic N) is 2. The average molecular weight is 453 g/mol. The minimum atomic E-state index is 1.06. The molecule has 7 aromatic rings. The van der Waals surface area contributed by atoms with Crippen molar-refractivity contribution in [1.82, 2.24) is 9.55 Å². The first-order chi connectivity index (χ1) is 16.9. The lowest BCUT2D eigenvalue weighted by Gasteiger charge is -2.09. The molecule has 2 aromatic heterocycles. The topological polar surface area (TPSA) is 17.8 Å². The van der Waals surface area contributed by atoms with E-state index in [0.717, 1.165) is 21.8 Å². The van der Waals surface area contributed by atoms with Gasteiger partial charge in [0.05, 0.1) is 21.3 Å². The minimum Gasteiger partial charge on any atom is -0.309 e. The molecule has 2 heterocycles. The molecule has 34 heavy (non-hydrogen) atoms. The van der Waals surface area contributed by atoms with Crippen molar-refractivity contribution in [1.29, 1.82) is 0 Å². The molecule has 5 aromatic carbocycles. The third-order valence-corrected chi connectivity index (χ3v) is 7.52. The maximum Gasteiger partial charge on any atom is 0.124 e. The van der Waals surface area contributed by atoms with E-state index in [9.17, 15) is 0 Å². The first-order valence-electron chi connectivity index (χ1n) is 11.4. The molecule has 0 spiro atoms. The molecule has 0 atom stereocenters. The number of fused-ring (bicyclic) bond motifs is 5. The number of benzene rings is 5. The van der Waals surface area contributed by atoms with Gasteiger partial charge in [0.15, 0.2) is 0 Å². The first kappa shape index (κ1) is 19.3. The summed E-state index contributed by atoms with van der Waals surface area (Å²) in [7, 11) is 0. The summed E-state index contributed by atoms with van der Waals surface area (Å²) in [6.07, 6.45) is 0. The number of aromatic nitrogens is 2. The highest BCUT2D eigenvalue weighted by Crippen LogP contribution is 2.40. The fraction of sp³-hybridized carbons (Fsp3) is 0. The van der Waals surface area contributed by atoms with Crippen LogP contribution in [0, 0.1) is 0 Å². The molecule has 0 radical (unpaired) electrons.